The molecule has 0 fully saturated rings. The molecule has 0 amide bonds. The van der Waals surface area contributed by atoms with Crippen LogP contribution in [0.5, 0.6) is 0 Å². The van der Waals surface area contributed by atoms with E-state index in [1.165, 1.54) is 11.8 Å². The molecule has 2 rings (SSSR count). The molecule has 0 spiro atoms. The van der Waals surface area contributed by atoms with Crippen LogP contribution in [0, 0.1) is 0 Å². The molecule has 2 heterocycles. The highest BCUT2D eigenvalue weighted by Gasteiger charge is 2.02. The van der Waals surface area contributed by atoms with Crippen molar-refractivity contribution in [2.24, 2.45) is 0 Å². The van der Waals surface area contributed by atoms with Crippen molar-refractivity contribution in [3.8, 4) is 0 Å². The molecule has 82 valence electrons. The van der Waals surface area contributed by atoms with E-state index in [0.29, 0.717) is 0 Å². The summed E-state index contributed by atoms with van der Waals surface area (Å²) in [6, 6.07) is 9.53. The van der Waals surface area contributed by atoms with E-state index in [4.69, 9.17) is 0 Å². The first-order valence-electron chi connectivity index (χ1n) is 4.98. The summed E-state index contributed by atoms with van der Waals surface area (Å²) in [7, 11) is 0. The maximum absolute atomic E-state index is 9.35. The van der Waals surface area contributed by atoms with E-state index in [-0.39, 0.29) is 0 Å². The van der Waals surface area contributed by atoms with Crippen LogP contribution in [0.15, 0.2) is 52.8 Å². The number of rotatable bonds is 3. The molecule has 0 aliphatic carbocycles. The molecule has 2 aromatic heterocycles. The molecule has 1 N–H and O–H groups in total. The molecule has 3 nitrogen and oxygen atoms in total. The largest absolute Gasteiger partial charge is 0.389 e. The fourth-order valence-corrected chi connectivity index (χ4v) is 1.93. The van der Waals surface area contributed by atoms with Crippen LogP contribution in [-0.4, -0.2) is 15.1 Å². The summed E-state index contributed by atoms with van der Waals surface area (Å²) in [6.45, 7) is 1.72. The second kappa shape index (κ2) is 5.09. The van der Waals surface area contributed by atoms with E-state index in [9.17, 15) is 5.11 Å². The number of pyridine rings is 2. The zero-order valence-corrected chi connectivity index (χ0v) is 9.69. The van der Waals surface area contributed by atoms with Crippen LogP contribution < -0.4 is 0 Å². The Hall–Kier alpha value is -1.39. The van der Waals surface area contributed by atoms with Crippen LogP contribution in [0.1, 0.15) is 18.6 Å². The van der Waals surface area contributed by atoms with Crippen LogP contribution in [0.2, 0.25) is 0 Å². The third-order valence-corrected chi connectivity index (χ3v) is 2.99. The van der Waals surface area contributed by atoms with Gasteiger partial charge in [-0.2, -0.15) is 0 Å². The van der Waals surface area contributed by atoms with Crippen LogP contribution in [0.25, 0.3) is 0 Å². The molecule has 0 saturated carbocycles. The van der Waals surface area contributed by atoms with E-state index in [1.54, 1.807) is 19.3 Å². The van der Waals surface area contributed by atoms with Crippen molar-refractivity contribution in [3.63, 3.8) is 0 Å². The normalized spacial score (nSPS) is 12.4. The zero-order valence-electron chi connectivity index (χ0n) is 8.87. The summed E-state index contributed by atoms with van der Waals surface area (Å²) in [6.07, 6.45) is 2.98. The Morgan fingerprint density at radius 3 is 2.50 bits per heavy atom. The predicted molar refractivity (Wildman–Crippen MR) is 63.2 cm³/mol. The monoisotopic (exact) mass is 232 g/mol. The minimum Gasteiger partial charge on any atom is -0.389 e. The second-order valence-corrected chi connectivity index (χ2v) is 4.42. The molecular formula is C12H12N2OS. The molecule has 0 aromatic carbocycles. The highest BCUT2D eigenvalue weighted by atomic mass is 32.2. The average molecular weight is 232 g/mol. The van der Waals surface area contributed by atoms with Gasteiger partial charge in [-0.05, 0) is 30.7 Å². The first kappa shape index (κ1) is 11.1. The van der Waals surface area contributed by atoms with Crippen LogP contribution >= 0.6 is 11.8 Å². The smallest absolute Gasteiger partial charge is 0.102 e. The highest BCUT2D eigenvalue weighted by molar-refractivity contribution is 7.99. The van der Waals surface area contributed by atoms with Crippen molar-refractivity contribution in [1.82, 2.24) is 9.97 Å². The maximum Gasteiger partial charge on any atom is 0.102 e. The maximum atomic E-state index is 9.35. The van der Waals surface area contributed by atoms with Gasteiger partial charge in [0.25, 0.3) is 0 Å². The van der Waals surface area contributed by atoms with Crippen molar-refractivity contribution in [3.05, 3.63) is 48.3 Å². The molecule has 0 bridgehead atoms. The van der Waals surface area contributed by atoms with Gasteiger partial charge in [0.1, 0.15) is 10.1 Å². The first-order valence-corrected chi connectivity index (χ1v) is 5.80. The molecule has 16 heavy (non-hydrogen) atoms. The lowest BCUT2D eigenvalue weighted by Gasteiger charge is -2.04. The minimum atomic E-state index is -0.471. The van der Waals surface area contributed by atoms with Crippen molar-refractivity contribution in [2.45, 2.75) is 23.1 Å². The van der Waals surface area contributed by atoms with Gasteiger partial charge < -0.3 is 5.11 Å². The molecule has 0 radical (unpaired) electrons. The SMILES string of the molecule is CC(O)c1ccc(Sc2ccccn2)nc1. The Labute approximate surface area is 98.6 Å². The highest BCUT2D eigenvalue weighted by Crippen LogP contribution is 2.24. The molecule has 2 aromatic rings. The van der Waals surface area contributed by atoms with Gasteiger partial charge in [-0.3, -0.25) is 0 Å². The average Bonchev–Trinajstić information content (AvgIpc) is 2.31. The van der Waals surface area contributed by atoms with E-state index >= 15 is 0 Å². The molecular weight excluding hydrogens is 220 g/mol. The summed E-state index contributed by atoms with van der Waals surface area (Å²) in [4.78, 5) is 8.46. The number of aromatic nitrogens is 2. The van der Waals surface area contributed by atoms with E-state index in [0.717, 1.165) is 15.6 Å². The van der Waals surface area contributed by atoms with Crippen LogP contribution in [0.4, 0.5) is 0 Å². The minimum absolute atomic E-state index is 0.471. The van der Waals surface area contributed by atoms with Crippen molar-refractivity contribution in [2.75, 3.05) is 0 Å². The summed E-state index contributed by atoms with van der Waals surface area (Å²) in [5.74, 6) is 0. The number of aliphatic hydroxyl groups excluding tert-OH is 1. The number of nitrogens with zero attached hydrogens (tertiary/aromatic N) is 2. The Balaban J connectivity index is 2.11. The van der Waals surface area contributed by atoms with E-state index in [1.807, 2.05) is 30.3 Å². The van der Waals surface area contributed by atoms with Crippen LogP contribution in [-0.2, 0) is 0 Å². The quantitative estimate of drug-likeness (QED) is 0.883. The molecule has 0 aliphatic rings. The summed E-state index contributed by atoms with van der Waals surface area (Å²) >= 11 is 1.50. The number of hydrogen-bond acceptors (Lipinski definition) is 4. The lowest BCUT2D eigenvalue weighted by Crippen LogP contribution is -1.92. The van der Waals surface area contributed by atoms with Gasteiger partial charge in [-0.1, -0.05) is 23.9 Å². The van der Waals surface area contributed by atoms with E-state index in [2.05, 4.69) is 9.97 Å². The van der Waals surface area contributed by atoms with Crippen molar-refractivity contribution >= 4 is 11.8 Å². The Bertz CT molecular complexity index is 442. The lowest BCUT2D eigenvalue weighted by molar-refractivity contribution is 0.198. The molecule has 4 heteroatoms. The number of aliphatic hydroxyl groups is 1. The Kier molecular flexibility index (Phi) is 3.54. The van der Waals surface area contributed by atoms with Crippen molar-refractivity contribution < 1.29 is 5.11 Å². The van der Waals surface area contributed by atoms with Gasteiger partial charge in [-0.15, -0.1) is 0 Å². The molecule has 1 unspecified atom stereocenters. The van der Waals surface area contributed by atoms with E-state index < -0.39 is 6.10 Å². The third-order valence-electron chi connectivity index (χ3n) is 2.09. The summed E-state index contributed by atoms with van der Waals surface area (Å²) in [5, 5.41) is 11.1. The van der Waals surface area contributed by atoms with Crippen LogP contribution in [0.3, 0.4) is 0 Å². The fraction of sp³-hybridized carbons (Fsp3) is 0.167. The Morgan fingerprint density at radius 2 is 1.94 bits per heavy atom. The van der Waals surface area contributed by atoms with Gasteiger partial charge in [0.05, 0.1) is 6.10 Å². The van der Waals surface area contributed by atoms with Gasteiger partial charge in [0.2, 0.25) is 0 Å². The Morgan fingerprint density at radius 1 is 1.12 bits per heavy atom. The standard InChI is InChI=1S/C12H12N2OS/c1-9(15)10-5-6-12(14-8-10)16-11-4-2-3-7-13-11/h2-9,15H,1H3. The van der Waals surface area contributed by atoms with Gasteiger partial charge in [-0.25, -0.2) is 9.97 Å². The molecule has 0 aliphatic heterocycles. The first-order chi connectivity index (χ1) is 7.75. The van der Waals surface area contributed by atoms with Crippen molar-refractivity contribution in [1.29, 1.82) is 0 Å². The third kappa shape index (κ3) is 2.81. The topological polar surface area (TPSA) is 46.0 Å². The van der Waals surface area contributed by atoms with Gasteiger partial charge in [0, 0.05) is 12.4 Å². The lowest BCUT2D eigenvalue weighted by atomic mass is 10.2. The predicted octanol–water partition coefficient (Wildman–Crippen LogP) is 2.68. The second-order valence-electron chi connectivity index (χ2n) is 3.38. The number of hydrogen-bond donors (Lipinski definition) is 1. The summed E-state index contributed by atoms with van der Waals surface area (Å²) in [5.41, 5.74) is 0.824. The summed E-state index contributed by atoms with van der Waals surface area (Å²) < 4.78 is 0. The fourth-order valence-electron chi connectivity index (χ4n) is 1.21. The molecule has 1 atom stereocenters. The molecule has 0 saturated heterocycles. The van der Waals surface area contributed by atoms with Gasteiger partial charge >= 0.3 is 0 Å². The zero-order chi connectivity index (χ0) is 11.4. The van der Waals surface area contributed by atoms with Gasteiger partial charge in [0.15, 0.2) is 0 Å².